The lowest BCUT2D eigenvalue weighted by Gasteiger charge is -2.14. The highest BCUT2D eigenvalue weighted by atomic mass is 16.3. The van der Waals surface area contributed by atoms with Crippen molar-refractivity contribution < 1.29 is 5.11 Å². The highest BCUT2D eigenvalue weighted by Crippen LogP contribution is 2.03. The number of aromatic nitrogens is 2. The van der Waals surface area contributed by atoms with Crippen molar-refractivity contribution in [1.82, 2.24) is 15.1 Å². The van der Waals surface area contributed by atoms with Crippen molar-refractivity contribution in [2.24, 2.45) is 0 Å². The molecule has 0 radical (unpaired) electrons. The minimum absolute atomic E-state index is 0.141. The molecule has 1 aromatic rings. The summed E-state index contributed by atoms with van der Waals surface area (Å²) < 4.78 is 1.78. The maximum Gasteiger partial charge on any atom is 0.0640 e. The van der Waals surface area contributed by atoms with Crippen molar-refractivity contribution in [3.8, 4) is 0 Å². The number of nitrogens with zero attached hydrogens (tertiary/aromatic N) is 2. The number of nitrogens with one attached hydrogen (secondary N) is 1. The quantitative estimate of drug-likeness (QED) is 0.705. The fraction of sp³-hybridized carbons (Fsp3) is 0.750. The van der Waals surface area contributed by atoms with Crippen LogP contribution in [0.25, 0.3) is 0 Å². The van der Waals surface area contributed by atoms with Crippen molar-refractivity contribution >= 4 is 0 Å². The Morgan fingerprint density at radius 3 is 2.94 bits per heavy atom. The second kappa shape index (κ2) is 7.41. The summed E-state index contributed by atoms with van der Waals surface area (Å²) in [6.45, 7) is 6.00. The maximum atomic E-state index is 8.78. The summed E-state index contributed by atoms with van der Waals surface area (Å²) in [5, 5.41) is 16.5. The molecule has 0 spiro atoms. The largest absolute Gasteiger partial charge is 0.394 e. The monoisotopic (exact) mass is 225 g/mol. The molecule has 0 saturated carbocycles. The van der Waals surface area contributed by atoms with Crippen molar-refractivity contribution in [2.75, 3.05) is 6.61 Å². The average Bonchev–Trinajstić information content (AvgIpc) is 2.72. The lowest BCUT2D eigenvalue weighted by atomic mass is 10.1. The van der Waals surface area contributed by atoms with Crippen LogP contribution in [0.1, 0.15) is 38.7 Å². The van der Waals surface area contributed by atoms with Crippen LogP contribution in [0.4, 0.5) is 0 Å². The Balaban J connectivity index is 2.34. The Bertz CT molecular complexity index is 286. The van der Waals surface area contributed by atoms with Crippen LogP contribution in [0.5, 0.6) is 0 Å². The summed E-state index contributed by atoms with van der Waals surface area (Å²) in [5.41, 5.74) is 1.18. The fourth-order valence-electron chi connectivity index (χ4n) is 1.78. The lowest BCUT2D eigenvalue weighted by molar-refractivity contribution is 0.269. The first kappa shape index (κ1) is 13.2. The van der Waals surface area contributed by atoms with Crippen LogP contribution in [0.2, 0.25) is 0 Å². The van der Waals surface area contributed by atoms with Crippen molar-refractivity contribution in [2.45, 2.75) is 52.2 Å². The number of hydrogen-bond acceptors (Lipinski definition) is 3. The molecule has 0 fully saturated rings. The van der Waals surface area contributed by atoms with E-state index in [0.29, 0.717) is 12.6 Å². The zero-order chi connectivity index (χ0) is 11.8. The molecule has 4 heteroatoms. The summed E-state index contributed by atoms with van der Waals surface area (Å²) in [6, 6.07) is 0.603. The van der Waals surface area contributed by atoms with Crippen LogP contribution >= 0.6 is 0 Å². The van der Waals surface area contributed by atoms with Gasteiger partial charge in [0, 0.05) is 24.3 Å². The van der Waals surface area contributed by atoms with Crippen LogP contribution in [0.3, 0.4) is 0 Å². The van der Waals surface area contributed by atoms with Crippen molar-refractivity contribution in [3.05, 3.63) is 18.0 Å². The number of rotatable bonds is 8. The maximum absolute atomic E-state index is 8.78. The minimum Gasteiger partial charge on any atom is -0.394 e. The van der Waals surface area contributed by atoms with Gasteiger partial charge in [-0.15, -0.1) is 0 Å². The standard InChI is InChI=1S/C12H23N3O/c1-3-5-12(4-2)13-8-11-9-14-15(10-11)6-7-16/h9-10,12-13,16H,3-8H2,1-2H3. The zero-order valence-corrected chi connectivity index (χ0v) is 10.3. The third-order valence-electron chi connectivity index (χ3n) is 2.74. The molecule has 1 rings (SSSR count). The van der Waals surface area contributed by atoms with E-state index in [1.54, 1.807) is 4.68 Å². The van der Waals surface area contributed by atoms with Crippen molar-refractivity contribution in [1.29, 1.82) is 0 Å². The molecule has 1 heterocycles. The normalized spacial score (nSPS) is 12.9. The second-order valence-electron chi connectivity index (χ2n) is 4.11. The molecule has 1 atom stereocenters. The average molecular weight is 225 g/mol. The van der Waals surface area contributed by atoms with Gasteiger partial charge in [-0.1, -0.05) is 20.3 Å². The highest BCUT2D eigenvalue weighted by molar-refractivity contribution is 5.03. The predicted octanol–water partition coefficient (Wildman–Crippen LogP) is 1.54. The van der Waals surface area contributed by atoms with Crippen molar-refractivity contribution in [3.63, 3.8) is 0 Å². The van der Waals surface area contributed by atoms with Crippen LogP contribution in [-0.2, 0) is 13.1 Å². The SMILES string of the molecule is CCCC(CC)NCc1cnn(CCO)c1. The molecule has 1 aromatic heterocycles. The Kier molecular flexibility index (Phi) is 6.11. The highest BCUT2D eigenvalue weighted by Gasteiger charge is 2.05. The van der Waals surface area contributed by atoms with E-state index < -0.39 is 0 Å². The van der Waals surface area contributed by atoms with Gasteiger partial charge in [-0.3, -0.25) is 4.68 Å². The molecule has 4 nitrogen and oxygen atoms in total. The second-order valence-corrected chi connectivity index (χ2v) is 4.11. The van der Waals surface area contributed by atoms with Gasteiger partial charge < -0.3 is 10.4 Å². The van der Waals surface area contributed by atoms with Gasteiger partial charge in [0.25, 0.3) is 0 Å². The first-order chi connectivity index (χ1) is 7.80. The van der Waals surface area contributed by atoms with E-state index in [4.69, 9.17) is 5.11 Å². The Morgan fingerprint density at radius 2 is 2.31 bits per heavy atom. The number of aliphatic hydroxyl groups is 1. The molecule has 0 saturated heterocycles. The molecule has 1 unspecified atom stereocenters. The van der Waals surface area contributed by atoms with Crippen LogP contribution in [0.15, 0.2) is 12.4 Å². The number of hydrogen-bond donors (Lipinski definition) is 2. The van der Waals surface area contributed by atoms with E-state index in [0.717, 1.165) is 6.54 Å². The molecule has 16 heavy (non-hydrogen) atoms. The van der Waals surface area contributed by atoms with E-state index in [1.165, 1.54) is 24.8 Å². The van der Waals surface area contributed by atoms with Gasteiger partial charge in [-0.25, -0.2) is 0 Å². The molecule has 0 aliphatic carbocycles. The summed E-state index contributed by atoms with van der Waals surface area (Å²) in [5.74, 6) is 0. The molecular weight excluding hydrogens is 202 g/mol. The lowest BCUT2D eigenvalue weighted by Crippen LogP contribution is -2.27. The minimum atomic E-state index is 0.141. The van der Waals surface area contributed by atoms with Crippen LogP contribution in [0, 0.1) is 0 Å². The third-order valence-corrected chi connectivity index (χ3v) is 2.74. The Labute approximate surface area is 97.7 Å². The molecule has 0 aromatic carbocycles. The van der Waals surface area contributed by atoms with Gasteiger partial charge >= 0.3 is 0 Å². The molecule has 0 aliphatic heterocycles. The van der Waals surface area contributed by atoms with Crippen LogP contribution < -0.4 is 5.32 Å². The predicted molar refractivity (Wildman–Crippen MR) is 65.1 cm³/mol. The summed E-state index contributed by atoms with van der Waals surface area (Å²) in [6.07, 6.45) is 7.46. The van der Waals surface area contributed by atoms with Crippen LogP contribution in [-0.4, -0.2) is 27.5 Å². The Morgan fingerprint density at radius 1 is 1.50 bits per heavy atom. The van der Waals surface area contributed by atoms with Gasteiger partial charge in [0.2, 0.25) is 0 Å². The van der Waals surface area contributed by atoms with E-state index in [1.807, 2.05) is 12.4 Å². The smallest absolute Gasteiger partial charge is 0.0640 e. The molecule has 0 aliphatic rings. The first-order valence-electron chi connectivity index (χ1n) is 6.15. The van der Waals surface area contributed by atoms with E-state index >= 15 is 0 Å². The summed E-state index contributed by atoms with van der Waals surface area (Å²) >= 11 is 0. The fourth-order valence-corrected chi connectivity index (χ4v) is 1.78. The molecule has 0 bridgehead atoms. The van der Waals surface area contributed by atoms with Gasteiger partial charge in [0.05, 0.1) is 19.3 Å². The summed E-state index contributed by atoms with van der Waals surface area (Å²) in [4.78, 5) is 0. The van der Waals surface area contributed by atoms with E-state index in [2.05, 4.69) is 24.3 Å². The summed E-state index contributed by atoms with van der Waals surface area (Å²) in [7, 11) is 0. The molecule has 92 valence electrons. The van der Waals surface area contributed by atoms with Gasteiger partial charge in [0.1, 0.15) is 0 Å². The van der Waals surface area contributed by atoms with E-state index in [-0.39, 0.29) is 6.61 Å². The van der Waals surface area contributed by atoms with Gasteiger partial charge in [-0.05, 0) is 12.8 Å². The van der Waals surface area contributed by atoms with Gasteiger partial charge in [-0.2, -0.15) is 5.10 Å². The molecular formula is C12H23N3O. The zero-order valence-electron chi connectivity index (χ0n) is 10.3. The first-order valence-corrected chi connectivity index (χ1v) is 6.15. The van der Waals surface area contributed by atoms with Gasteiger partial charge in [0.15, 0.2) is 0 Å². The Hall–Kier alpha value is -0.870. The third kappa shape index (κ3) is 4.33. The molecule has 2 N–H and O–H groups in total. The topological polar surface area (TPSA) is 50.1 Å². The van der Waals surface area contributed by atoms with E-state index in [9.17, 15) is 0 Å². The number of aliphatic hydroxyl groups excluding tert-OH is 1. The molecule has 0 amide bonds.